The van der Waals surface area contributed by atoms with Crippen LogP contribution < -0.4 is 26.0 Å². The highest BCUT2D eigenvalue weighted by atomic mass is 16.5. The number of nitrogens with zero attached hydrogens (tertiary/aromatic N) is 2. The molecule has 0 saturated carbocycles. The van der Waals surface area contributed by atoms with Gasteiger partial charge in [0, 0.05) is 18.2 Å². The number of nitrogens with one attached hydrogen (secondary N) is 1. The van der Waals surface area contributed by atoms with Gasteiger partial charge in [0.05, 0.1) is 38.2 Å². The molecule has 1 heterocycles. The second kappa shape index (κ2) is 11.6. The molecule has 1 amide bonds. The fraction of sp³-hybridized carbons (Fsp3) is 0.323. The molecule has 8 heteroatoms. The molecule has 0 radical (unpaired) electrons. The molecule has 4 aromatic rings. The van der Waals surface area contributed by atoms with Crippen LogP contribution in [0.2, 0.25) is 0 Å². The predicted molar refractivity (Wildman–Crippen MR) is 153 cm³/mol. The van der Waals surface area contributed by atoms with Gasteiger partial charge in [-0.2, -0.15) is 0 Å². The number of rotatable bonds is 9. The maximum Gasteiger partial charge on any atom is 0.332 e. The highest BCUT2D eigenvalue weighted by Crippen LogP contribution is 2.31. The van der Waals surface area contributed by atoms with Crippen LogP contribution in [0.25, 0.3) is 10.9 Å². The lowest BCUT2D eigenvalue weighted by Gasteiger charge is -2.19. The molecule has 8 nitrogen and oxygen atoms in total. The molecular formula is C31H35N3O5. The standard InChI is InChI=1S/C31H35N3O5/c1-7-12-32-29(35)23-10-8-22(9-11-23)17-34-30(36)24-15-27(38-5)28(39-6)16-26(24)33(31(34)37)18-25-20(3)13-19(2)14-21(25)4/h8-11,13-16H,7,12,17-18H2,1-6H3,(H,32,35). The Morgan fingerprint density at radius 2 is 1.46 bits per heavy atom. The lowest BCUT2D eigenvalue weighted by atomic mass is 9.99. The number of aromatic nitrogens is 2. The minimum atomic E-state index is -0.427. The Hall–Kier alpha value is -4.33. The van der Waals surface area contributed by atoms with Crippen LogP contribution in [0.15, 0.2) is 58.1 Å². The second-order valence-corrected chi connectivity index (χ2v) is 9.81. The van der Waals surface area contributed by atoms with Crippen molar-refractivity contribution in [2.24, 2.45) is 0 Å². The summed E-state index contributed by atoms with van der Waals surface area (Å²) in [5, 5.41) is 3.20. The molecule has 0 spiro atoms. The van der Waals surface area contributed by atoms with Gasteiger partial charge < -0.3 is 14.8 Å². The monoisotopic (exact) mass is 529 g/mol. The van der Waals surface area contributed by atoms with Crippen molar-refractivity contribution in [3.8, 4) is 11.5 Å². The van der Waals surface area contributed by atoms with Crippen molar-refractivity contribution in [2.45, 2.75) is 47.2 Å². The van der Waals surface area contributed by atoms with Gasteiger partial charge in [-0.25, -0.2) is 4.79 Å². The van der Waals surface area contributed by atoms with E-state index in [4.69, 9.17) is 9.47 Å². The summed E-state index contributed by atoms with van der Waals surface area (Å²) in [6.07, 6.45) is 0.847. The number of carbonyl (C=O) groups is 1. The quantitative estimate of drug-likeness (QED) is 0.348. The Bertz CT molecular complexity index is 1630. The molecule has 1 aromatic heterocycles. The van der Waals surface area contributed by atoms with Crippen molar-refractivity contribution in [1.29, 1.82) is 0 Å². The summed E-state index contributed by atoms with van der Waals surface area (Å²) in [5.74, 6) is 0.687. The van der Waals surface area contributed by atoms with Crippen molar-refractivity contribution in [3.63, 3.8) is 0 Å². The van der Waals surface area contributed by atoms with Crippen molar-refractivity contribution in [2.75, 3.05) is 20.8 Å². The third-order valence-corrected chi connectivity index (χ3v) is 6.98. The van der Waals surface area contributed by atoms with Crippen LogP contribution in [0, 0.1) is 20.8 Å². The molecule has 0 unspecified atom stereocenters. The molecule has 4 rings (SSSR count). The molecular weight excluding hydrogens is 494 g/mol. The SMILES string of the molecule is CCCNC(=O)c1ccc(Cn2c(=O)c3cc(OC)c(OC)cc3n(Cc3c(C)cc(C)cc3C)c2=O)cc1. The first-order valence-corrected chi connectivity index (χ1v) is 13.0. The molecule has 0 atom stereocenters. The normalized spacial score (nSPS) is 11.0. The third-order valence-electron chi connectivity index (χ3n) is 6.98. The number of hydrogen-bond donors (Lipinski definition) is 1. The van der Waals surface area contributed by atoms with Gasteiger partial charge in [-0.3, -0.25) is 18.7 Å². The van der Waals surface area contributed by atoms with E-state index in [9.17, 15) is 14.4 Å². The first-order valence-electron chi connectivity index (χ1n) is 13.0. The number of methoxy groups -OCH3 is 2. The van der Waals surface area contributed by atoms with E-state index in [-0.39, 0.29) is 12.5 Å². The molecule has 3 aromatic carbocycles. The lowest BCUT2D eigenvalue weighted by molar-refractivity contribution is 0.0953. The third kappa shape index (κ3) is 5.60. The summed E-state index contributed by atoms with van der Waals surface area (Å²) < 4.78 is 13.8. The summed E-state index contributed by atoms with van der Waals surface area (Å²) in [4.78, 5) is 39.9. The zero-order chi connectivity index (χ0) is 28.3. The molecule has 0 aliphatic heterocycles. The van der Waals surface area contributed by atoms with Crippen LogP contribution in [0.5, 0.6) is 11.5 Å². The number of aryl methyl sites for hydroxylation is 3. The first kappa shape index (κ1) is 27.7. The smallest absolute Gasteiger partial charge is 0.332 e. The molecule has 204 valence electrons. The topological polar surface area (TPSA) is 91.6 Å². The van der Waals surface area contributed by atoms with E-state index >= 15 is 0 Å². The summed E-state index contributed by atoms with van der Waals surface area (Å²) in [7, 11) is 3.03. The number of fused-ring (bicyclic) bond motifs is 1. The van der Waals surface area contributed by atoms with Gasteiger partial charge in [0.1, 0.15) is 0 Å². The van der Waals surface area contributed by atoms with Crippen LogP contribution in [-0.4, -0.2) is 35.8 Å². The summed E-state index contributed by atoms with van der Waals surface area (Å²) in [6, 6.07) is 14.4. The molecule has 0 fully saturated rings. The van der Waals surface area contributed by atoms with Gasteiger partial charge >= 0.3 is 5.69 Å². The van der Waals surface area contributed by atoms with Crippen molar-refractivity contribution >= 4 is 16.8 Å². The predicted octanol–water partition coefficient (Wildman–Crippen LogP) is 4.34. The van der Waals surface area contributed by atoms with Crippen LogP contribution in [0.4, 0.5) is 0 Å². The Morgan fingerprint density at radius 3 is 2.05 bits per heavy atom. The van der Waals surface area contributed by atoms with E-state index in [2.05, 4.69) is 17.4 Å². The Balaban J connectivity index is 1.87. The number of amides is 1. The molecule has 0 aliphatic carbocycles. The Kier molecular flexibility index (Phi) is 8.24. The van der Waals surface area contributed by atoms with Crippen LogP contribution in [0.1, 0.15) is 51.5 Å². The molecule has 0 aliphatic rings. The van der Waals surface area contributed by atoms with Crippen LogP contribution in [-0.2, 0) is 13.1 Å². The Labute approximate surface area is 227 Å². The van der Waals surface area contributed by atoms with E-state index in [0.29, 0.717) is 41.1 Å². The van der Waals surface area contributed by atoms with E-state index in [1.165, 1.54) is 18.8 Å². The molecule has 0 saturated heterocycles. The van der Waals surface area contributed by atoms with Gasteiger partial charge in [0.25, 0.3) is 11.5 Å². The minimum Gasteiger partial charge on any atom is -0.493 e. The largest absolute Gasteiger partial charge is 0.493 e. The Morgan fingerprint density at radius 1 is 0.846 bits per heavy atom. The molecule has 1 N–H and O–H groups in total. The van der Waals surface area contributed by atoms with Gasteiger partial charge in [-0.1, -0.05) is 36.8 Å². The fourth-order valence-corrected chi connectivity index (χ4v) is 4.94. The zero-order valence-corrected chi connectivity index (χ0v) is 23.4. The fourth-order valence-electron chi connectivity index (χ4n) is 4.94. The average Bonchev–Trinajstić information content (AvgIpc) is 2.92. The van der Waals surface area contributed by atoms with Gasteiger partial charge in [-0.05, 0) is 67.6 Å². The van der Waals surface area contributed by atoms with Gasteiger partial charge in [0.15, 0.2) is 11.5 Å². The average molecular weight is 530 g/mol. The molecule has 39 heavy (non-hydrogen) atoms. The lowest BCUT2D eigenvalue weighted by Crippen LogP contribution is -2.40. The zero-order valence-electron chi connectivity index (χ0n) is 23.4. The van der Waals surface area contributed by atoms with E-state index < -0.39 is 11.2 Å². The van der Waals surface area contributed by atoms with Gasteiger partial charge in [0.2, 0.25) is 0 Å². The van der Waals surface area contributed by atoms with Crippen LogP contribution in [0.3, 0.4) is 0 Å². The van der Waals surface area contributed by atoms with Crippen molar-refractivity contribution in [3.05, 3.63) is 103 Å². The van der Waals surface area contributed by atoms with Crippen LogP contribution >= 0.6 is 0 Å². The summed E-state index contributed by atoms with van der Waals surface area (Å²) in [6.45, 7) is 9.04. The number of hydrogen-bond acceptors (Lipinski definition) is 5. The van der Waals surface area contributed by atoms with E-state index in [0.717, 1.165) is 34.2 Å². The summed E-state index contributed by atoms with van der Waals surface area (Å²) >= 11 is 0. The molecule has 0 bridgehead atoms. The van der Waals surface area contributed by atoms with Crippen molar-refractivity contribution < 1.29 is 14.3 Å². The highest BCUT2D eigenvalue weighted by molar-refractivity contribution is 5.94. The first-order chi connectivity index (χ1) is 18.7. The number of benzene rings is 3. The second-order valence-electron chi connectivity index (χ2n) is 9.81. The van der Waals surface area contributed by atoms with Gasteiger partial charge in [-0.15, -0.1) is 0 Å². The number of ether oxygens (including phenoxy) is 2. The number of carbonyl (C=O) groups excluding carboxylic acids is 1. The minimum absolute atomic E-state index is 0.0602. The summed E-state index contributed by atoms with van der Waals surface area (Å²) in [5.41, 5.74) is 5.19. The van der Waals surface area contributed by atoms with E-state index in [1.54, 1.807) is 41.0 Å². The van der Waals surface area contributed by atoms with Crippen molar-refractivity contribution in [1.82, 2.24) is 14.5 Å². The van der Waals surface area contributed by atoms with E-state index in [1.807, 2.05) is 27.7 Å². The highest BCUT2D eigenvalue weighted by Gasteiger charge is 2.19. The maximum atomic E-state index is 13.9. The maximum absolute atomic E-state index is 13.9.